The number of thiazole rings is 1. The highest BCUT2D eigenvalue weighted by atomic mass is 79.9. The van der Waals surface area contributed by atoms with Gasteiger partial charge in [-0.25, -0.2) is 4.98 Å². The van der Waals surface area contributed by atoms with Gasteiger partial charge in [0, 0.05) is 22.8 Å². The first kappa shape index (κ1) is 16.1. The van der Waals surface area contributed by atoms with E-state index in [9.17, 15) is 9.59 Å². The van der Waals surface area contributed by atoms with Crippen molar-refractivity contribution in [3.05, 3.63) is 39.3 Å². The lowest BCUT2D eigenvalue weighted by Crippen LogP contribution is -2.23. The fourth-order valence-electron chi connectivity index (χ4n) is 2.43. The second-order valence-corrected chi connectivity index (χ2v) is 7.17. The first-order valence-corrected chi connectivity index (χ1v) is 9.01. The maximum absolute atomic E-state index is 12.2. The number of nitrogens with one attached hydrogen (secondary N) is 1. The van der Waals surface area contributed by atoms with Gasteiger partial charge in [0.05, 0.1) is 17.8 Å². The molecule has 2 heterocycles. The van der Waals surface area contributed by atoms with Crippen molar-refractivity contribution in [3.63, 3.8) is 0 Å². The van der Waals surface area contributed by atoms with E-state index in [0.29, 0.717) is 23.8 Å². The Morgan fingerprint density at radius 2 is 2.30 bits per heavy atom. The van der Waals surface area contributed by atoms with Crippen LogP contribution < -0.4 is 10.2 Å². The molecule has 7 heteroatoms. The highest BCUT2D eigenvalue weighted by Gasteiger charge is 2.24. The van der Waals surface area contributed by atoms with Crippen LogP contribution in [0.3, 0.4) is 0 Å². The second-order valence-electron chi connectivity index (χ2n) is 5.48. The van der Waals surface area contributed by atoms with Crippen LogP contribution in [0.4, 0.5) is 10.8 Å². The Labute approximate surface area is 146 Å². The molecule has 1 aliphatic heterocycles. The summed E-state index contributed by atoms with van der Waals surface area (Å²) in [4.78, 5) is 30.0. The molecule has 0 bridgehead atoms. The molecule has 0 radical (unpaired) electrons. The van der Waals surface area contributed by atoms with Crippen molar-refractivity contribution in [2.75, 3.05) is 16.8 Å². The summed E-state index contributed by atoms with van der Waals surface area (Å²) < 4.78 is 0.854. The highest BCUT2D eigenvalue weighted by Crippen LogP contribution is 2.26. The fraction of sp³-hybridized carbons (Fsp3) is 0.312. The predicted molar refractivity (Wildman–Crippen MR) is 94.9 cm³/mol. The Bertz CT molecular complexity index is 760. The standard InChI is InChI=1S/C16H16BrN3O2S/c1-10-4-5-13(12(17)7-10)19-14(21)8-11-9-23-16(18-11)20-6-2-3-15(20)22/h4-5,7,9H,2-3,6,8H2,1H3,(H,19,21). The minimum absolute atomic E-state index is 0.110. The maximum Gasteiger partial charge on any atom is 0.230 e. The second kappa shape index (κ2) is 6.80. The molecule has 120 valence electrons. The van der Waals surface area contributed by atoms with Crippen molar-refractivity contribution in [2.45, 2.75) is 26.2 Å². The smallest absolute Gasteiger partial charge is 0.230 e. The van der Waals surface area contributed by atoms with E-state index in [4.69, 9.17) is 0 Å². The molecule has 3 rings (SSSR count). The number of aromatic nitrogens is 1. The van der Waals surface area contributed by atoms with Crippen molar-refractivity contribution < 1.29 is 9.59 Å². The van der Waals surface area contributed by atoms with Crippen LogP contribution >= 0.6 is 27.3 Å². The average Bonchev–Trinajstić information content (AvgIpc) is 3.10. The third kappa shape index (κ3) is 3.79. The number of nitrogens with zero attached hydrogens (tertiary/aromatic N) is 2. The average molecular weight is 394 g/mol. The summed E-state index contributed by atoms with van der Waals surface area (Å²) in [6.45, 7) is 2.71. The number of anilines is 2. The molecule has 0 aliphatic carbocycles. The zero-order valence-corrected chi connectivity index (χ0v) is 15.0. The number of halogens is 1. The molecule has 0 unspecified atom stereocenters. The summed E-state index contributed by atoms with van der Waals surface area (Å²) in [7, 11) is 0. The zero-order valence-electron chi connectivity index (χ0n) is 12.6. The van der Waals surface area contributed by atoms with Crippen LogP contribution in [0.2, 0.25) is 0 Å². The van der Waals surface area contributed by atoms with Gasteiger partial charge in [0.25, 0.3) is 0 Å². The van der Waals surface area contributed by atoms with E-state index in [1.807, 2.05) is 30.5 Å². The van der Waals surface area contributed by atoms with Crippen LogP contribution in [0.15, 0.2) is 28.1 Å². The van der Waals surface area contributed by atoms with Crippen molar-refractivity contribution in [3.8, 4) is 0 Å². The number of amides is 2. The van der Waals surface area contributed by atoms with Crippen LogP contribution in [-0.4, -0.2) is 23.3 Å². The number of hydrogen-bond donors (Lipinski definition) is 1. The fourth-order valence-corrected chi connectivity index (χ4v) is 3.89. The molecule has 1 aromatic heterocycles. The lowest BCUT2D eigenvalue weighted by atomic mass is 10.2. The van der Waals surface area contributed by atoms with Gasteiger partial charge in [-0.3, -0.25) is 14.5 Å². The quantitative estimate of drug-likeness (QED) is 0.863. The van der Waals surface area contributed by atoms with Crippen molar-refractivity contribution in [2.24, 2.45) is 0 Å². The normalized spacial score (nSPS) is 14.3. The molecule has 2 aromatic rings. The van der Waals surface area contributed by atoms with Gasteiger partial charge < -0.3 is 5.32 Å². The van der Waals surface area contributed by atoms with Crippen LogP contribution in [0.5, 0.6) is 0 Å². The van der Waals surface area contributed by atoms with E-state index in [1.54, 1.807) is 4.90 Å². The van der Waals surface area contributed by atoms with Crippen molar-refractivity contribution >= 4 is 49.9 Å². The predicted octanol–water partition coefficient (Wildman–Crippen LogP) is 3.52. The molecule has 1 N–H and O–H groups in total. The Balaban J connectivity index is 1.64. The number of rotatable bonds is 4. The van der Waals surface area contributed by atoms with Gasteiger partial charge in [0.1, 0.15) is 0 Å². The lowest BCUT2D eigenvalue weighted by Gasteiger charge is -2.10. The molecule has 1 aromatic carbocycles. The van der Waals surface area contributed by atoms with E-state index in [2.05, 4.69) is 26.2 Å². The highest BCUT2D eigenvalue weighted by molar-refractivity contribution is 9.10. The van der Waals surface area contributed by atoms with Gasteiger partial charge in [0.15, 0.2) is 5.13 Å². The molecule has 1 aliphatic rings. The van der Waals surface area contributed by atoms with Crippen LogP contribution in [0.1, 0.15) is 24.1 Å². The molecule has 0 saturated carbocycles. The van der Waals surface area contributed by atoms with Crippen molar-refractivity contribution in [1.29, 1.82) is 0 Å². The first-order valence-electron chi connectivity index (χ1n) is 7.34. The molecule has 23 heavy (non-hydrogen) atoms. The molecule has 0 spiro atoms. The topological polar surface area (TPSA) is 62.3 Å². The first-order chi connectivity index (χ1) is 11.0. The summed E-state index contributed by atoms with van der Waals surface area (Å²) in [5, 5.41) is 5.40. The molecular weight excluding hydrogens is 378 g/mol. The SMILES string of the molecule is Cc1ccc(NC(=O)Cc2csc(N3CCCC3=O)n2)c(Br)c1. The van der Waals surface area contributed by atoms with E-state index >= 15 is 0 Å². The number of hydrogen-bond acceptors (Lipinski definition) is 4. The monoisotopic (exact) mass is 393 g/mol. The van der Waals surface area contributed by atoms with Gasteiger partial charge >= 0.3 is 0 Å². The number of aryl methyl sites for hydroxylation is 1. The Kier molecular flexibility index (Phi) is 4.77. The molecular formula is C16H16BrN3O2S. The Hall–Kier alpha value is -1.73. The minimum atomic E-state index is -0.126. The third-order valence-corrected chi connectivity index (χ3v) is 5.15. The van der Waals surface area contributed by atoms with Crippen LogP contribution in [0.25, 0.3) is 0 Å². The van der Waals surface area contributed by atoms with Gasteiger partial charge in [-0.2, -0.15) is 0 Å². The maximum atomic E-state index is 12.2. The van der Waals surface area contributed by atoms with E-state index in [0.717, 1.165) is 22.1 Å². The molecule has 0 atom stereocenters. The summed E-state index contributed by atoms with van der Waals surface area (Å²) >= 11 is 4.85. The zero-order chi connectivity index (χ0) is 16.4. The molecule has 1 fully saturated rings. The molecule has 5 nitrogen and oxygen atoms in total. The third-order valence-electron chi connectivity index (χ3n) is 3.58. The molecule has 1 saturated heterocycles. The van der Waals surface area contributed by atoms with Crippen LogP contribution in [0, 0.1) is 6.92 Å². The number of carbonyl (C=O) groups is 2. The number of carbonyl (C=O) groups excluding carboxylic acids is 2. The Morgan fingerprint density at radius 1 is 1.48 bits per heavy atom. The summed E-state index contributed by atoms with van der Waals surface area (Å²) in [6.07, 6.45) is 1.64. The van der Waals surface area contributed by atoms with Gasteiger partial charge in [0.2, 0.25) is 11.8 Å². The van der Waals surface area contributed by atoms with Crippen LogP contribution in [-0.2, 0) is 16.0 Å². The minimum Gasteiger partial charge on any atom is -0.325 e. The summed E-state index contributed by atoms with van der Waals surface area (Å²) in [6, 6.07) is 5.77. The van der Waals surface area contributed by atoms with Gasteiger partial charge in [-0.05, 0) is 47.0 Å². The number of benzene rings is 1. The van der Waals surface area contributed by atoms with E-state index < -0.39 is 0 Å². The Morgan fingerprint density at radius 3 is 3.00 bits per heavy atom. The van der Waals surface area contributed by atoms with Gasteiger partial charge in [-0.15, -0.1) is 11.3 Å². The molecule has 2 amide bonds. The van der Waals surface area contributed by atoms with Gasteiger partial charge in [-0.1, -0.05) is 6.07 Å². The van der Waals surface area contributed by atoms with Crippen molar-refractivity contribution in [1.82, 2.24) is 4.98 Å². The van der Waals surface area contributed by atoms with E-state index in [1.165, 1.54) is 11.3 Å². The summed E-state index contributed by atoms with van der Waals surface area (Å²) in [5.41, 5.74) is 2.55. The lowest BCUT2D eigenvalue weighted by molar-refractivity contribution is -0.117. The summed E-state index contributed by atoms with van der Waals surface area (Å²) in [5.74, 6) is -0.0157. The van der Waals surface area contributed by atoms with E-state index in [-0.39, 0.29) is 18.2 Å². The largest absolute Gasteiger partial charge is 0.325 e.